The van der Waals surface area contributed by atoms with E-state index in [4.69, 9.17) is 4.74 Å². The third kappa shape index (κ3) is 3.04. The van der Waals surface area contributed by atoms with E-state index in [1.807, 2.05) is 43.9 Å². The Morgan fingerprint density at radius 2 is 2.00 bits per heavy atom. The van der Waals surface area contributed by atoms with Gasteiger partial charge in [-0.2, -0.15) is 0 Å². The quantitative estimate of drug-likeness (QED) is 0.897. The Labute approximate surface area is 144 Å². The van der Waals surface area contributed by atoms with Crippen molar-refractivity contribution in [3.05, 3.63) is 35.9 Å². The predicted molar refractivity (Wildman–Crippen MR) is 93.8 cm³/mol. The number of benzene rings is 1. The highest BCUT2D eigenvalue weighted by Gasteiger charge is 2.60. The van der Waals surface area contributed by atoms with Gasteiger partial charge in [0.2, 0.25) is 0 Å². The van der Waals surface area contributed by atoms with Gasteiger partial charge < -0.3 is 9.84 Å². The Morgan fingerprint density at radius 1 is 1.33 bits per heavy atom. The number of hydrogen-bond acceptors (Lipinski definition) is 3. The summed E-state index contributed by atoms with van der Waals surface area (Å²) in [5.41, 5.74) is 0.298. The number of nitrogens with zero attached hydrogens (tertiary/aromatic N) is 1. The first kappa shape index (κ1) is 17.3. The normalized spacial score (nSPS) is 32.7. The molecular weight excluding hydrogens is 302 g/mol. The van der Waals surface area contributed by atoms with Gasteiger partial charge >= 0.3 is 6.09 Å². The fraction of sp³-hybridized carbons (Fsp3) is 0.650. The molecule has 1 amide bonds. The van der Waals surface area contributed by atoms with Crippen LogP contribution in [-0.2, 0) is 11.2 Å². The topological polar surface area (TPSA) is 49.8 Å². The summed E-state index contributed by atoms with van der Waals surface area (Å²) < 4.78 is 5.69. The predicted octanol–water partition coefficient (Wildman–Crippen LogP) is 3.77. The molecule has 1 aromatic carbocycles. The van der Waals surface area contributed by atoms with Crippen LogP contribution in [0.2, 0.25) is 0 Å². The standard InChI is InChI=1S/C20H29NO3/c1-19(2,3)24-18(23)21-16(13-14-9-6-5-7-10-14)17(22)15-11-8-12-20(15,21)4/h5-7,9-10,15-17,22H,8,11-13H2,1-4H3/t15-,16+,17+,20-/m0/s1. The lowest BCUT2D eigenvalue weighted by molar-refractivity contribution is -0.00403. The minimum Gasteiger partial charge on any atom is -0.444 e. The molecule has 0 unspecified atom stereocenters. The van der Waals surface area contributed by atoms with Crippen LogP contribution in [0.3, 0.4) is 0 Å². The summed E-state index contributed by atoms with van der Waals surface area (Å²) in [5.74, 6) is 0.138. The van der Waals surface area contributed by atoms with E-state index < -0.39 is 11.7 Å². The molecule has 3 rings (SSSR count). The van der Waals surface area contributed by atoms with Crippen LogP contribution in [0.25, 0.3) is 0 Å². The third-order valence-electron chi connectivity index (χ3n) is 5.56. The van der Waals surface area contributed by atoms with E-state index in [0.29, 0.717) is 6.42 Å². The summed E-state index contributed by atoms with van der Waals surface area (Å²) in [6.45, 7) is 7.77. The minimum absolute atomic E-state index is 0.138. The number of rotatable bonds is 2. The number of amides is 1. The lowest BCUT2D eigenvalue weighted by Crippen LogP contribution is -2.52. The molecule has 2 fully saturated rings. The monoisotopic (exact) mass is 331 g/mol. The van der Waals surface area contributed by atoms with Gasteiger partial charge in [-0.05, 0) is 52.5 Å². The van der Waals surface area contributed by atoms with Crippen molar-refractivity contribution in [2.75, 3.05) is 0 Å². The molecule has 2 aliphatic rings. The Kier molecular flexibility index (Phi) is 4.37. The molecule has 1 aromatic rings. The van der Waals surface area contributed by atoms with Gasteiger partial charge in [0, 0.05) is 11.5 Å². The molecule has 4 heteroatoms. The molecule has 4 atom stereocenters. The zero-order valence-electron chi connectivity index (χ0n) is 15.2. The van der Waals surface area contributed by atoms with E-state index in [1.165, 1.54) is 0 Å². The summed E-state index contributed by atoms with van der Waals surface area (Å²) in [6, 6.07) is 9.86. The van der Waals surface area contributed by atoms with Crippen LogP contribution >= 0.6 is 0 Å². The van der Waals surface area contributed by atoms with Gasteiger partial charge in [-0.1, -0.05) is 36.8 Å². The highest BCUT2D eigenvalue weighted by Crippen LogP contribution is 2.50. The van der Waals surface area contributed by atoms with Crippen molar-refractivity contribution in [1.29, 1.82) is 0 Å². The fourth-order valence-corrected chi connectivity index (χ4v) is 4.54. The summed E-state index contributed by atoms with van der Waals surface area (Å²) in [4.78, 5) is 14.8. The van der Waals surface area contributed by atoms with E-state index in [2.05, 4.69) is 19.1 Å². The summed E-state index contributed by atoms with van der Waals surface area (Å²) in [7, 11) is 0. The van der Waals surface area contributed by atoms with Gasteiger partial charge in [0.05, 0.1) is 12.1 Å². The number of carbonyl (C=O) groups is 1. The summed E-state index contributed by atoms with van der Waals surface area (Å²) >= 11 is 0. The molecule has 1 saturated carbocycles. The molecule has 1 heterocycles. The third-order valence-corrected chi connectivity index (χ3v) is 5.56. The molecule has 132 valence electrons. The lowest BCUT2D eigenvalue weighted by atomic mass is 9.88. The van der Waals surface area contributed by atoms with Gasteiger partial charge in [0.25, 0.3) is 0 Å². The van der Waals surface area contributed by atoms with Crippen molar-refractivity contribution in [3.63, 3.8) is 0 Å². The maximum Gasteiger partial charge on any atom is 0.411 e. The average Bonchev–Trinajstić information content (AvgIpc) is 2.95. The molecule has 1 N–H and O–H groups in total. The lowest BCUT2D eigenvalue weighted by Gasteiger charge is -2.38. The maximum absolute atomic E-state index is 12.9. The Bertz CT molecular complexity index is 595. The Morgan fingerprint density at radius 3 is 2.62 bits per heavy atom. The second-order valence-electron chi connectivity index (χ2n) is 8.45. The molecule has 1 saturated heterocycles. The fourth-order valence-electron chi connectivity index (χ4n) is 4.54. The summed E-state index contributed by atoms with van der Waals surface area (Å²) in [5, 5.41) is 11.0. The second kappa shape index (κ2) is 6.07. The van der Waals surface area contributed by atoms with Crippen LogP contribution in [0.5, 0.6) is 0 Å². The number of hydrogen-bond donors (Lipinski definition) is 1. The van der Waals surface area contributed by atoms with E-state index >= 15 is 0 Å². The van der Waals surface area contributed by atoms with Crippen molar-refractivity contribution in [1.82, 2.24) is 4.90 Å². The number of likely N-dealkylation sites (tertiary alicyclic amines) is 1. The van der Waals surface area contributed by atoms with E-state index in [9.17, 15) is 9.90 Å². The van der Waals surface area contributed by atoms with Crippen molar-refractivity contribution >= 4 is 6.09 Å². The Balaban J connectivity index is 1.91. The van der Waals surface area contributed by atoms with Crippen LogP contribution in [-0.4, -0.2) is 39.4 Å². The SMILES string of the molecule is CC(C)(C)OC(=O)N1[C@H](Cc2ccccc2)[C@H](O)[C@@H]2CCC[C@@]21C. The first-order chi connectivity index (χ1) is 11.2. The first-order valence-electron chi connectivity index (χ1n) is 8.97. The molecule has 24 heavy (non-hydrogen) atoms. The molecule has 0 spiro atoms. The molecule has 0 bridgehead atoms. The highest BCUT2D eigenvalue weighted by molar-refractivity contribution is 5.71. The van der Waals surface area contributed by atoms with E-state index in [0.717, 1.165) is 24.8 Å². The van der Waals surface area contributed by atoms with Gasteiger partial charge in [-0.15, -0.1) is 0 Å². The molecular formula is C20H29NO3. The van der Waals surface area contributed by atoms with Crippen LogP contribution in [0.1, 0.15) is 52.5 Å². The van der Waals surface area contributed by atoms with Crippen LogP contribution in [0, 0.1) is 5.92 Å². The van der Waals surface area contributed by atoms with Crippen molar-refractivity contribution in [2.45, 2.75) is 76.7 Å². The van der Waals surface area contributed by atoms with E-state index in [1.54, 1.807) is 0 Å². The van der Waals surface area contributed by atoms with Gasteiger partial charge in [-0.3, -0.25) is 4.90 Å². The van der Waals surface area contributed by atoms with Gasteiger partial charge in [0.1, 0.15) is 5.60 Å². The number of carbonyl (C=O) groups excluding carboxylic acids is 1. The first-order valence-corrected chi connectivity index (χ1v) is 8.97. The van der Waals surface area contributed by atoms with Crippen molar-refractivity contribution < 1.29 is 14.6 Å². The number of aliphatic hydroxyl groups excluding tert-OH is 1. The largest absolute Gasteiger partial charge is 0.444 e. The van der Waals surface area contributed by atoms with Crippen LogP contribution < -0.4 is 0 Å². The average molecular weight is 331 g/mol. The zero-order valence-corrected chi connectivity index (χ0v) is 15.2. The van der Waals surface area contributed by atoms with Gasteiger partial charge in [0.15, 0.2) is 0 Å². The molecule has 1 aliphatic heterocycles. The van der Waals surface area contributed by atoms with Crippen LogP contribution in [0.4, 0.5) is 4.79 Å². The number of ether oxygens (including phenoxy) is 1. The highest BCUT2D eigenvalue weighted by atomic mass is 16.6. The summed E-state index contributed by atoms with van der Waals surface area (Å²) in [6.07, 6.45) is 2.82. The van der Waals surface area contributed by atoms with E-state index in [-0.39, 0.29) is 23.6 Å². The smallest absolute Gasteiger partial charge is 0.411 e. The number of fused-ring (bicyclic) bond motifs is 1. The molecule has 1 aliphatic carbocycles. The Hall–Kier alpha value is -1.55. The van der Waals surface area contributed by atoms with Crippen molar-refractivity contribution in [3.8, 4) is 0 Å². The maximum atomic E-state index is 12.9. The zero-order chi connectivity index (χ0) is 17.5. The molecule has 0 aromatic heterocycles. The molecule has 0 radical (unpaired) electrons. The minimum atomic E-state index is -0.535. The molecule has 4 nitrogen and oxygen atoms in total. The van der Waals surface area contributed by atoms with Gasteiger partial charge in [-0.25, -0.2) is 4.79 Å². The van der Waals surface area contributed by atoms with Crippen LogP contribution in [0.15, 0.2) is 30.3 Å². The number of aliphatic hydroxyl groups is 1. The van der Waals surface area contributed by atoms with Crippen molar-refractivity contribution in [2.24, 2.45) is 5.92 Å². The second-order valence-corrected chi connectivity index (χ2v) is 8.45.